The largest absolute Gasteiger partial charge is 1.00 e. The zero-order valence-electron chi connectivity index (χ0n) is 5.55. The van der Waals surface area contributed by atoms with Crippen LogP contribution in [-0.2, 0) is 35.4 Å². The molecule has 0 aliphatic rings. The zero-order chi connectivity index (χ0) is 8.08. The summed E-state index contributed by atoms with van der Waals surface area (Å²) >= 11 is 1.68. The second-order valence-corrected chi connectivity index (χ2v) is 12.2. The van der Waals surface area contributed by atoms with Gasteiger partial charge >= 0.3 is 72.3 Å². The average Bonchev–Trinajstić information content (AvgIpc) is 1.19. The van der Waals surface area contributed by atoms with Crippen molar-refractivity contribution in [3.8, 4) is 0 Å². The van der Waals surface area contributed by atoms with E-state index < -0.39 is 24.3 Å². The van der Waals surface area contributed by atoms with E-state index in [9.17, 15) is 0 Å². The molecule has 2 N–H and O–H groups in total. The van der Waals surface area contributed by atoms with Gasteiger partial charge in [0.25, 0.3) is 9.05 Å². The molecule has 0 aliphatic heterocycles. The topological polar surface area (TPSA) is 57.5 Å². The van der Waals surface area contributed by atoms with Crippen LogP contribution in [0.1, 0.15) is 1.43 Å². The minimum absolute atomic E-state index is 0. The van der Waals surface area contributed by atoms with Crippen LogP contribution in [0.5, 0.6) is 0 Å². The van der Waals surface area contributed by atoms with Crippen molar-refractivity contribution < 1.29 is 59.5 Å². The fraction of sp³-hybridized carbons (Fsp3) is 0. The van der Waals surface area contributed by atoms with Crippen LogP contribution >= 0.6 is 27.6 Å². The molecule has 0 aliphatic carbocycles. The molecule has 0 aromatic carbocycles. The van der Waals surface area contributed by atoms with Gasteiger partial charge in [-0.3, -0.25) is 9.11 Å². The molecule has 66 valence electrons. The van der Waals surface area contributed by atoms with Gasteiger partial charge in [0.05, 0.1) is 0 Å². The molecule has 0 heterocycles. The molecule has 10 heavy (non-hydrogen) atoms. The molecule has 0 radical (unpaired) electrons. The average molecular weight is 441 g/mol. The molecule has 0 spiro atoms. The van der Waals surface area contributed by atoms with E-state index >= 15 is 0 Å². The summed E-state index contributed by atoms with van der Waals surface area (Å²) in [6.45, 7) is 0. The summed E-state index contributed by atoms with van der Waals surface area (Å²) in [4.78, 5) is 0. The molecule has 3 nitrogen and oxygen atoms in total. The summed E-state index contributed by atoms with van der Waals surface area (Å²) in [5.41, 5.74) is 0. The third-order valence-electron chi connectivity index (χ3n) is 0. The van der Waals surface area contributed by atoms with Gasteiger partial charge in [-0.1, -0.05) is 0 Å². The smallest absolute Gasteiger partial charge is 1.00 e. The molecule has 0 fully saturated rings. The Morgan fingerprint density at radius 1 is 1.40 bits per heavy atom. The third-order valence-corrected chi connectivity index (χ3v) is 0. The number of halogens is 3. The Morgan fingerprint density at radius 3 is 1.40 bits per heavy atom. The Bertz CT molecular complexity index is 138. The summed E-state index contributed by atoms with van der Waals surface area (Å²) in [5.74, 6) is 0. The van der Waals surface area contributed by atoms with Crippen LogP contribution < -0.4 is 29.6 Å². The first kappa shape index (κ1) is 18.6. The first-order valence-electron chi connectivity index (χ1n) is 1.04. The van der Waals surface area contributed by atoms with Gasteiger partial charge < -0.3 is 1.43 Å². The Kier molecular flexibility index (Phi) is 18.6. The maximum absolute atomic E-state index is 9.11. The Morgan fingerprint density at radius 2 is 1.40 bits per heavy atom. The van der Waals surface area contributed by atoms with Gasteiger partial charge in [-0.05, 0) is 0 Å². The van der Waals surface area contributed by atoms with Gasteiger partial charge in [0, 0.05) is 11.2 Å². The van der Waals surface area contributed by atoms with Crippen molar-refractivity contribution in [3.63, 3.8) is 0 Å². The van der Waals surface area contributed by atoms with Crippen LogP contribution in [0, 0.1) is 0 Å². The monoisotopic (exact) mass is 440 g/mol. The second-order valence-electron chi connectivity index (χ2n) is 0.577. The zero-order valence-corrected chi connectivity index (χ0v) is 12.6. The summed E-state index contributed by atoms with van der Waals surface area (Å²) in [7, 11) is 11.0. The van der Waals surface area contributed by atoms with Crippen molar-refractivity contribution in [2.24, 2.45) is 0 Å². The fourth-order valence-electron chi connectivity index (χ4n) is 0. The van der Waals surface area contributed by atoms with E-state index in [-0.39, 0.29) is 31.0 Å². The Hall–Kier alpha value is 2.90. The molecule has 0 bridgehead atoms. The Labute approximate surface area is 105 Å². The molecule has 10 heteroatoms. The SMILES string of the molecule is O=S(O)(O)=S.[Cl][Au]([Cl])[Cl].[H-].[Na+]. The van der Waals surface area contributed by atoms with E-state index in [2.05, 4.69) is 11.2 Å². The summed E-state index contributed by atoms with van der Waals surface area (Å²) < 4.78 is 24.0. The predicted molar refractivity (Wildman–Crippen MR) is 39.4 cm³/mol. The summed E-state index contributed by atoms with van der Waals surface area (Å²) in [6, 6.07) is 0. The van der Waals surface area contributed by atoms with Gasteiger partial charge in [-0.25, -0.2) is 0 Å². The molecule has 0 unspecified atom stereocenters. The van der Waals surface area contributed by atoms with Crippen LogP contribution in [0.3, 0.4) is 0 Å². The Balaban J connectivity index is -0.0000000383. The second kappa shape index (κ2) is 9.98. The summed E-state index contributed by atoms with van der Waals surface area (Å²) in [5, 5.41) is 0. The van der Waals surface area contributed by atoms with Crippen molar-refractivity contribution in [1.82, 2.24) is 0 Å². The van der Waals surface area contributed by atoms with Crippen molar-refractivity contribution >= 4 is 47.8 Å². The van der Waals surface area contributed by atoms with Gasteiger partial charge in [0.1, 0.15) is 0 Å². The van der Waals surface area contributed by atoms with E-state index in [0.717, 1.165) is 0 Å². The van der Waals surface area contributed by atoms with Gasteiger partial charge in [0.2, 0.25) is 0 Å². The van der Waals surface area contributed by atoms with Crippen LogP contribution in [0.25, 0.3) is 0 Å². The van der Waals surface area contributed by atoms with Gasteiger partial charge in [-0.2, -0.15) is 4.21 Å². The van der Waals surface area contributed by atoms with Crippen molar-refractivity contribution in [2.75, 3.05) is 0 Å². The van der Waals surface area contributed by atoms with Gasteiger partial charge in [-0.15, -0.1) is 0 Å². The molecular weight excluding hydrogens is 438 g/mol. The minimum Gasteiger partial charge on any atom is -1.00 e. The number of hydrogen-bond donors (Lipinski definition) is 2. The number of hydrogen-bond acceptors (Lipinski definition) is 2. The molecule has 0 amide bonds. The van der Waals surface area contributed by atoms with Crippen molar-refractivity contribution in [2.45, 2.75) is 0 Å². The van der Waals surface area contributed by atoms with Crippen molar-refractivity contribution in [1.29, 1.82) is 0 Å². The first-order chi connectivity index (χ1) is 3.73. The van der Waals surface area contributed by atoms with E-state index in [4.69, 9.17) is 40.9 Å². The molecule has 0 saturated heterocycles. The van der Waals surface area contributed by atoms with E-state index in [1.54, 1.807) is 0 Å². The molecule has 0 aromatic heterocycles. The molecular formula is H3AuCl3NaO3S2. The minimum atomic E-state index is -3.83. The van der Waals surface area contributed by atoms with Crippen LogP contribution in [0.4, 0.5) is 0 Å². The normalized spacial score (nSPS) is 10.3. The first-order valence-corrected chi connectivity index (χ1v) is 11.5. The maximum atomic E-state index is 9.11. The van der Waals surface area contributed by atoms with Crippen molar-refractivity contribution in [3.05, 3.63) is 0 Å². The summed E-state index contributed by atoms with van der Waals surface area (Å²) in [6.07, 6.45) is 0. The number of rotatable bonds is 0. The van der Waals surface area contributed by atoms with Crippen LogP contribution in [0.2, 0.25) is 0 Å². The van der Waals surface area contributed by atoms with Crippen LogP contribution in [0.15, 0.2) is 0 Å². The molecule has 0 saturated carbocycles. The molecule has 0 atom stereocenters. The van der Waals surface area contributed by atoms with E-state index in [0.29, 0.717) is 0 Å². The quantitative estimate of drug-likeness (QED) is 0.467. The van der Waals surface area contributed by atoms with Gasteiger partial charge in [0.15, 0.2) is 0 Å². The van der Waals surface area contributed by atoms with E-state index in [1.807, 2.05) is 0 Å². The molecule has 0 rings (SSSR count). The maximum Gasteiger partial charge on any atom is 1.00 e. The standard InChI is InChI=1S/Au.3ClH.Na.H2O3S2.H/c;;;;;1-5(2,3)4;/h;3*1H;;(H2,1,2,3,4);/q+3;;;;+1;;-1/p-3. The fourth-order valence-corrected chi connectivity index (χ4v) is 0. The predicted octanol–water partition coefficient (Wildman–Crippen LogP) is -1.14. The van der Waals surface area contributed by atoms with Crippen LogP contribution in [-0.4, -0.2) is 13.3 Å². The molecule has 0 aromatic rings. The van der Waals surface area contributed by atoms with E-state index in [1.165, 1.54) is 0 Å². The third kappa shape index (κ3) is 127.